The molecule has 0 spiro atoms. The van der Waals surface area contributed by atoms with Crippen molar-refractivity contribution in [2.24, 2.45) is 5.92 Å². The minimum atomic E-state index is -4.40. The number of hydrogen-bond acceptors (Lipinski definition) is 2. The fourth-order valence-corrected chi connectivity index (χ4v) is 2.39. The van der Waals surface area contributed by atoms with Crippen LogP contribution in [0.4, 0.5) is 18.9 Å². The molecule has 2 atom stereocenters. The Morgan fingerprint density at radius 3 is 2.80 bits per heavy atom. The van der Waals surface area contributed by atoms with Crippen LogP contribution in [0.15, 0.2) is 24.3 Å². The Morgan fingerprint density at radius 2 is 2.15 bits per heavy atom. The van der Waals surface area contributed by atoms with Gasteiger partial charge in [-0.15, -0.1) is 0 Å². The van der Waals surface area contributed by atoms with Crippen LogP contribution in [0.3, 0.4) is 0 Å². The average molecular weight is 286 g/mol. The second-order valence-electron chi connectivity index (χ2n) is 5.14. The predicted octanol–water partition coefficient (Wildman–Crippen LogP) is 3.03. The normalized spacial score (nSPS) is 23.4. The van der Waals surface area contributed by atoms with Gasteiger partial charge in [0.1, 0.15) is 0 Å². The number of amides is 1. The summed E-state index contributed by atoms with van der Waals surface area (Å²) in [7, 11) is 0. The first kappa shape index (κ1) is 14.8. The number of anilines is 1. The van der Waals surface area contributed by atoms with Crippen molar-refractivity contribution in [3.63, 3.8) is 0 Å². The Morgan fingerprint density at radius 1 is 1.40 bits per heavy atom. The minimum absolute atomic E-state index is 0.152. The van der Waals surface area contributed by atoms with E-state index in [2.05, 4.69) is 10.6 Å². The fourth-order valence-electron chi connectivity index (χ4n) is 2.39. The number of benzene rings is 1. The molecule has 0 aliphatic carbocycles. The van der Waals surface area contributed by atoms with E-state index in [1.54, 1.807) is 0 Å². The summed E-state index contributed by atoms with van der Waals surface area (Å²) in [5.74, 6) is -0.363. The van der Waals surface area contributed by atoms with Crippen molar-refractivity contribution in [1.29, 1.82) is 0 Å². The van der Waals surface area contributed by atoms with E-state index in [1.807, 2.05) is 6.92 Å². The molecule has 0 radical (unpaired) electrons. The van der Waals surface area contributed by atoms with Gasteiger partial charge >= 0.3 is 6.18 Å². The molecule has 20 heavy (non-hydrogen) atoms. The van der Waals surface area contributed by atoms with Crippen molar-refractivity contribution >= 4 is 11.6 Å². The number of rotatable bonds is 2. The van der Waals surface area contributed by atoms with Gasteiger partial charge in [-0.25, -0.2) is 0 Å². The number of alkyl halides is 3. The Hall–Kier alpha value is -1.56. The molecule has 110 valence electrons. The molecular formula is C14H17F3N2O. The van der Waals surface area contributed by atoms with Crippen LogP contribution in [-0.4, -0.2) is 18.5 Å². The summed E-state index contributed by atoms with van der Waals surface area (Å²) in [6.07, 6.45) is -3.00. The summed E-state index contributed by atoms with van der Waals surface area (Å²) in [5, 5.41) is 5.81. The first-order chi connectivity index (χ1) is 9.36. The summed E-state index contributed by atoms with van der Waals surface area (Å²) < 4.78 is 37.8. The van der Waals surface area contributed by atoms with Crippen LogP contribution in [0, 0.1) is 5.92 Å². The molecule has 1 aliphatic heterocycles. The number of halogens is 3. The van der Waals surface area contributed by atoms with Gasteiger partial charge in [0.25, 0.3) is 0 Å². The maximum absolute atomic E-state index is 12.6. The standard InChI is InChI=1S/C14H17F3N2O/c1-9-7-10(5-6-18-9)13(20)19-12-4-2-3-11(8-12)14(15,16)17/h2-4,8-10,18H,5-7H2,1H3,(H,19,20). The van der Waals surface area contributed by atoms with Gasteiger partial charge in [-0.05, 0) is 44.5 Å². The van der Waals surface area contributed by atoms with Crippen molar-refractivity contribution in [2.75, 3.05) is 11.9 Å². The van der Waals surface area contributed by atoms with E-state index < -0.39 is 11.7 Å². The molecule has 1 aromatic rings. The molecule has 1 aliphatic rings. The Balaban J connectivity index is 2.04. The van der Waals surface area contributed by atoms with E-state index in [0.717, 1.165) is 18.7 Å². The van der Waals surface area contributed by atoms with Crippen molar-refractivity contribution in [2.45, 2.75) is 32.0 Å². The summed E-state index contributed by atoms with van der Waals surface area (Å²) in [4.78, 5) is 12.1. The molecule has 1 fully saturated rings. The van der Waals surface area contributed by atoms with E-state index in [1.165, 1.54) is 12.1 Å². The number of hydrogen-bond donors (Lipinski definition) is 2. The lowest BCUT2D eigenvalue weighted by atomic mass is 9.92. The highest BCUT2D eigenvalue weighted by Crippen LogP contribution is 2.31. The van der Waals surface area contributed by atoms with E-state index in [9.17, 15) is 18.0 Å². The first-order valence-corrected chi connectivity index (χ1v) is 6.58. The molecule has 3 nitrogen and oxygen atoms in total. The van der Waals surface area contributed by atoms with E-state index in [4.69, 9.17) is 0 Å². The van der Waals surface area contributed by atoms with Gasteiger partial charge in [-0.2, -0.15) is 13.2 Å². The molecule has 0 saturated carbocycles. The first-order valence-electron chi connectivity index (χ1n) is 6.58. The molecule has 0 bridgehead atoms. The maximum atomic E-state index is 12.6. The van der Waals surface area contributed by atoms with E-state index in [-0.39, 0.29) is 23.6 Å². The van der Waals surface area contributed by atoms with Crippen molar-refractivity contribution in [3.05, 3.63) is 29.8 Å². The molecule has 2 N–H and O–H groups in total. The third-order valence-corrected chi connectivity index (χ3v) is 3.45. The van der Waals surface area contributed by atoms with Gasteiger partial charge in [0.05, 0.1) is 5.56 Å². The lowest BCUT2D eigenvalue weighted by molar-refractivity contribution is -0.137. The van der Waals surface area contributed by atoms with Gasteiger partial charge in [-0.3, -0.25) is 4.79 Å². The zero-order valence-corrected chi connectivity index (χ0v) is 11.1. The second-order valence-corrected chi connectivity index (χ2v) is 5.14. The molecule has 1 aromatic carbocycles. The molecule has 1 saturated heterocycles. The molecule has 1 heterocycles. The fraction of sp³-hybridized carbons (Fsp3) is 0.500. The number of carbonyl (C=O) groups is 1. The van der Waals surface area contributed by atoms with Crippen LogP contribution >= 0.6 is 0 Å². The Labute approximate surface area is 115 Å². The molecule has 2 rings (SSSR count). The number of piperidine rings is 1. The van der Waals surface area contributed by atoms with Crippen LogP contribution in [0.1, 0.15) is 25.3 Å². The lowest BCUT2D eigenvalue weighted by Gasteiger charge is -2.27. The van der Waals surface area contributed by atoms with Gasteiger partial charge < -0.3 is 10.6 Å². The van der Waals surface area contributed by atoms with E-state index >= 15 is 0 Å². The van der Waals surface area contributed by atoms with E-state index in [0.29, 0.717) is 12.8 Å². The van der Waals surface area contributed by atoms with Gasteiger partial charge in [0.15, 0.2) is 0 Å². The van der Waals surface area contributed by atoms with Crippen LogP contribution in [-0.2, 0) is 11.0 Å². The summed E-state index contributed by atoms with van der Waals surface area (Å²) in [6.45, 7) is 2.74. The highest BCUT2D eigenvalue weighted by molar-refractivity contribution is 5.92. The SMILES string of the molecule is CC1CC(C(=O)Nc2cccc(C(F)(F)F)c2)CCN1. The Kier molecular flexibility index (Phi) is 4.32. The van der Waals surface area contributed by atoms with Crippen LogP contribution in [0.25, 0.3) is 0 Å². The van der Waals surface area contributed by atoms with Crippen molar-refractivity contribution in [1.82, 2.24) is 5.32 Å². The quantitative estimate of drug-likeness (QED) is 0.877. The minimum Gasteiger partial charge on any atom is -0.326 e. The second kappa shape index (κ2) is 5.83. The maximum Gasteiger partial charge on any atom is 0.416 e. The number of nitrogens with one attached hydrogen (secondary N) is 2. The molecule has 1 amide bonds. The van der Waals surface area contributed by atoms with Crippen molar-refractivity contribution < 1.29 is 18.0 Å². The van der Waals surface area contributed by atoms with Gasteiger partial charge in [-0.1, -0.05) is 6.07 Å². The smallest absolute Gasteiger partial charge is 0.326 e. The van der Waals surface area contributed by atoms with Crippen LogP contribution < -0.4 is 10.6 Å². The molecule has 0 aromatic heterocycles. The third kappa shape index (κ3) is 3.72. The van der Waals surface area contributed by atoms with Gasteiger partial charge in [0, 0.05) is 17.6 Å². The zero-order chi connectivity index (χ0) is 14.8. The molecule has 2 unspecified atom stereocenters. The number of carbonyl (C=O) groups excluding carboxylic acids is 1. The topological polar surface area (TPSA) is 41.1 Å². The van der Waals surface area contributed by atoms with Gasteiger partial charge in [0.2, 0.25) is 5.91 Å². The summed E-state index contributed by atoms with van der Waals surface area (Å²) in [6, 6.07) is 4.97. The monoisotopic (exact) mass is 286 g/mol. The molecular weight excluding hydrogens is 269 g/mol. The Bertz CT molecular complexity index is 488. The predicted molar refractivity (Wildman–Crippen MR) is 70.3 cm³/mol. The average Bonchev–Trinajstić information content (AvgIpc) is 2.38. The zero-order valence-electron chi connectivity index (χ0n) is 11.1. The van der Waals surface area contributed by atoms with Crippen LogP contribution in [0.2, 0.25) is 0 Å². The largest absolute Gasteiger partial charge is 0.416 e. The lowest BCUT2D eigenvalue weighted by Crippen LogP contribution is -2.40. The highest BCUT2D eigenvalue weighted by atomic mass is 19.4. The summed E-state index contributed by atoms with van der Waals surface area (Å²) in [5.41, 5.74) is -0.565. The molecule has 6 heteroatoms. The highest BCUT2D eigenvalue weighted by Gasteiger charge is 2.31. The van der Waals surface area contributed by atoms with Crippen LogP contribution in [0.5, 0.6) is 0 Å². The van der Waals surface area contributed by atoms with Crippen molar-refractivity contribution in [3.8, 4) is 0 Å². The summed E-state index contributed by atoms with van der Waals surface area (Å²) >= 11 is 0. The third-order valence-electron chi connectivity index (χ3n) is 3.45.